The summed E-state index contributed by atoms with van der Waals surface area (Å²) in [6, 6.07) is 103. The quantitative estimate of drug-likeness (QED) is 0.150. The minimum absolute atomic E-state index is 0.187. The van der Waals surface area contributed by atoms with E-state index in [-0.39, 0.29) is 5.41 Å². The Balaban J connectivity index is 1.01. The second-order valence-electron chi connectivity index (χ2n) is 21.8. The summed E-state index contributed by atoms with van der Waals surface area (Å²) in [7, 11) is 0. The monoisotopic (exact) mass is 977 g/mol. The summed E-state index contributed by atoms with van der Waals surface area (Å²) in [5.74, 6) is 0. The van der Waals surface area contributed by atoms with E-state index in [4.69, 9.17) is 0 Å². The molecule has 13 aromatic carbocycles. The number of fused-ring (bicyclic) bond motifs is 19. The number of hydrogen-bond acceptors (Lipinski definition) is 1. The van der Waals surface area contributed by atoms with Gasteiger partial charge in [-0.2, -0.15) is 0 Å². The van der Waals surface area contributed by atoms with Gasteiger partial charge in [0.1, 0.15) is 0 Å². The van der Waals surface area contributed by atoms with Crippen LogP contribution in [0.15, 0.2) is 273 Å². The molecule has 0 saturated heterocycles. The molecule has 77 heavy (non-hydrogen) atoms. The zero-order valence-corrected chi connectivity index (χ0v) is 42.9. The van der Waals surface area contributed by atoms with Crippen molar-refractivity contribution in [3.05, 3.63) is 306 Å². The van der Waals surface area contributed by atoms with Crippen molar-refractivity contribution in [3.63, 3.8) is 0 Å². The molecule has 0 N–H and O–H groups in total. The third-order valence-corrected chi connectivity index (χ3v) is 17.6. The lowest BCUT2D eigenvalue weighted by Gasteiger charge is -2.32. The Morgan fingerprint density at radius 1 is 0.247 bits per heavy atom. The van der Waals surface area contributed by atoms with E-state index >= 15 is 0 Å². The Bertz CT molecular complexity index is 4520. The summed E-state index contributed by atoms with van der Waals surface area (Å²) in [6.45, 7) is 4.78. The molecule has 16 rings (SSSR count). The van der Waals surface area contributed by atoms with Crippen LogP contribution in [-0.4, -0.2) is 0 Å². The van der Waals surface area contributed by atoms with E-state index in [0.717, 1.165) is 17.1 Å². The summed E-state index contributed by atoms with van der Waals surface area (Å²) in [4.78, 5) is 2.55. The Morgan fingerprint density at radius 3 is 1.23 bits per heavy atom. The van der Waals surface area contributed by atoms with Crippen molar-refractivity contribution in [1.29, 1.82) is 0 Å². The Hall–Kier alpha value is -9.56. The molecule has 1 nitrogen and oxygen atoms in total. The van der Waals surface area contributed by atoms with Gasteiger partial charge in [-0.3, -0.25) is 0 Å². The van der Waals surface area contributed by atoms with E-state index < -0.39 is 5.41 Å². The first-order chi connectivity index (χ1) is 38.0. The van der Waals surface area contributed by atoms with Crippen LogP contribution in [0.2, 0.25) is 0 Å². The maximum Gasteiger partial charge on any atom is 0.0726 e. The normalized spacial score (nSPS) is 13.8. The zero-order chi connectivity index (χ0) is 51.0. The second-order valence-corrected chi connectivity index (χ2v) is 21.8. The van der Waals surface area contributed by atoms with Crippen molar-refractivity contribution in [2.75, 3.05) is 4.90 Å². The first kappa shape index (κ1) is 43.8. The average Bonchev–Trinajstić information content (AvgIpc) is 4.29. The average molecular weight is 978 g/mol. The standard InChI is InChI=1S/C76H51N/c1-75(2)66-34-18-14-29-55(66)59-41-38-52(45-70(59)75)77(53-39-42-60-58-32-17-21-37-69(58)76(71(60)46-53)67-35-19-15-30-56(67)57-31-16-20-36-68(57)76)51-40-43-62-65(44-51)54-28-12-13-33-61(54)73-64(49-24-8-4-9-25-49)47-63(48-22-6-3-7-23-48)72(74(62)73)50-26-10-5-11-27-50/h3-47H,1-2H3. The smallest absolute Gasteiger partial charge is 0.0726 e. The van der Waals surface area contributed by atoms with Crippen molar-refractivity contribution < 1.29 is 0 Å². The SMILES string of the molecule is CC1(C)c2ccccc2-c2ccc(N(c3ccc4c(c3)C3(c5ccccc5-c5ccccc53)c3ccccc3-4)c3ccc4c(c3)c3ccccc3c3c(-c5ccccc5)cc(-c5ccccc5)c(-c5ccccc5)c43)cc21. The summed E-state index contributed by atoms with van der Waals surface area (Å²) in [6.07, 6.45) is 0. The fraction of sp³-hybridized carbons (Fsp3) is 0.0526. The second kappa shape index (κ2) is 16.5. The highest BCUT2D eigenvalue weighted by Crippen LogP contribution is 2.64. The van der Waals surface area contributed by atoms with Crippen LogP contribution in [0.1, 0.15) is 47.2 Å². The number of anilines is 3. The van der Waals surface area contributed by atoms with Crippen LogP contribution in [0.4, 0.5) is 17.1 Å². The van der Waals surface area contributed by atoms with Crippen LogP contribution in [0.5, 0.6) is 0 Å². The van der Waals surface area contributed by atoms with Gasteiger partial charge in [0.25, 0.3) is 0 Å². The Labute approximate surface area is 449 Å². The molecular formula is C76H51N. The van der Waals surface area contributed by atoms with Gasteiger partial charge in [0.05, 0.1) is 5.41 Å². The van der Waals surface area contributed by atoms with Crippen molar-refractivity contribution in [2.24, 2.45) is 0 Å². The van der Waals surface area contributed by atoms with Crippen LogP contribution in [0, 0.1) is 0 Å². The first-order valence-electron chi connectivity index (χ1n) is 27.1. The first-order valence-corrected chi connectivity index (χ1v) is 27.1. The van der Waals surface area contributed by atoms with Crippen molar-refractivity contribution in [2.45, 2.75) is 24.7 Å². The predicted molar refractivity (Wildman–Crippen MR) is 324 cm³/mol. The van der Waals surface area contributed by atoms with E-state index in [1.165, 1.54) is 132 Å². The minimum Gasteiger partial charge on any atom is -0.310 e. The highest BCUT2D eigenvalue weighted by Gasteiger charge is 2.51. The van der Waals surface area contributed by atoms with Gasteiger partial charge >= 0.3 is 0 Å². The summed E-state index contributed by atoms with van der Waals surface area (Å²) in [5, 5.41) is 7.44. The molecule has 1 heteroatoms. The predicted octanol–water partition coefficient (Wildman–Crippen LogP) is 20.3. The van der Waals surface area contributed by atoms with Gasteiger partial charge in [-0.05, 0) is 175 Å². The maximum absolute atomic E-state index is 2.55. The molecule has 0 unspecified atom stereocenters. The summed E-state index contributed by atoms with van der Waals surface area (Å²) >= 11 is 0. The molecule has 0 fully saturated rings. The van der Waals surface area contributed by atoms with Gasteiger partial charge in [-0.1, -0.05) is 244 Å². The third-order valence-electron chi connectivity index (χ3n) is 17.6. The van der Waals surface area contributed by atoms with Crippen molar-refractivity contribution >= 4 is 49.4 Å². The fourth-order valence-corrected chi connectivity index (χ4v) is 14.4. The van der Waals surface area contributed by atoms with E-state index in [1.54, 1.807) is 0 Å². The molecule has 13 aromatic rings. The Morgan fingerprint density at radius 2 is 0.649 bits per heavy atom. The number of rotatable bonds is 6. The van der Waals surface area contributed by atoms with Gasteiger partial charge < -0.3 is 4.90 Å². The lowest BCUT2D eigenvalue weighted by atomic mass is 9.70. The molecule has 0 aliphatic heterocycles. The molecule has 0 saturated carbocycles. The van der Waals surface area contributed by atoms with E-state index in [9.17, 15) is 0 Å². The molecule has 0 amide bonds. The zero-order valence-electron chi connectivity index (χ0n) is 42.9. The van der Waals surface area contributed by atoms with Gasteiger partial charge in [-0.15, -0.1) is 0 Å². The van der Waals surface area contributed by atoms with Gasteiger partial charge in [-0.25, -0.2) is 0 Å². The lowest BCUT2D eigenvalue weighted by molar-refractivity contribution is 0.660. The number of hydrogen-bond donors (Lipinski definition) is 0. The van der Waals surface area contributed by atoms with E-state index in [0.29, 0.717) is 0 Å². The topological polar surface area (TPSA) is 3.24 Å². The van der Waals surface area contributed by atoms with Crippen molar-refractivity contribution in [1.82, 2.24) is 0 Å². The van der Waals surface area contributed by atoms with Crippen molar-refractivity contribution in [3.8, 4) is 66.8 Å². The molecule has 1 spiro atoms. The van der Waals surface area contributed by atoms with E-state index in [2.05, 4.69) is 292 Å². The van der Waals surface area contributed by atoms with Crippen LogP contribution in [0.3, 0.4) is 0 Å². The van der Waals surface area contributed by atoms with E-state index in [1.807, 2.05) is 0 Å². The lowest BCUT2D eigenvalue weighted by Crippen LogP contribution is -2.26. The van der Waals surface area contributed by atoms with Crippen LogP contribution in [0.25, 0.3) is 99.1 Å². The Kier molecular flexibility index (Phi) is 9.37. The third kappa shape index (κ3) is 6.11. The molecule has 0 aromatic heterocycles. The van der Waals surface area contributed by atoms with Gasteiger partial charge in [0.15, 0.2) is 0 Å². The van der Waals surface area contributed by atoms with Gasteiger partial charge in [0, 0.05) is 22.5 Å². The van der Waals surface area contributed by atoms with Crippen LogP contribution in [-0.2, 0) is 10.8 Å². The summed E-state index contributed by atoms with van der Waals surface area (Å²) < 4.78 is 0. The molecule has 0 atom stereocenters. The maximum atomic E-state index is 2.55. The summed E-state index contributed by atoms with van der Waals surface area (Å²) in [5.41, 5.74) is 25.9. The molecule has 0 radical (unpaired) electrons. The minimum atomic E-state index is -0.484. The number of benzene rings is 13. The van der Waals surface area contributed by atoms with Crippen LogP contribution >= 0.6 is 0 Å². The molecule has 0 bridgehead atoms. The highest BCUT2D eigenvalue weighted by molar-refractivity contribution is 6.33. The number of nitrogens with zero attached hydrogens (tertiary/aromatic N) is 1. The van der Waals surface area contributed by atoms with Gasteiger partial charge in [0.2, 0.25) is 0 Å². The largest absolute Gasteiger partial charge is 0.310 e. The molecular weight excluding hydrogens is 927 g/mol. The molecule has 3 aliphatic carbocycles. The molecule has 3 aliphatic rings. The molecule has 360 valence electrons. The molecule has 0 heterocycles. The van der Waals surface area contributed by atoms with Crippen LogP contribution < -0.4 is 4.90 Å². The fourth-order valence-electron chi connectivity index (χ4n) is 14.4. The highest BCUT2D eigenvalue weighted by atomic mass is 15.1.